The zero-order valence-electron chi connectivity index (χ0n) is 17.0. The molecule has 1 amide bonds. The lowest BCUT2D eigenvalue weighted by atomic mass is 9.74. The van der Waals surface area contributed by atoms with Gasteiger partial charge >= 0.3 is 0 Å². The molecule has 2 aromatic carbocycles. The Morgan fingerprint density at radius 3 is 2.48 bits per heavy atom. The van der Waals surface area contributed by atoms with Gasteiger partial charge in [0.25, 0.3) is 0 Å². The minimum atomic E-state index is -0.867. The fourth-order valence-corrected chi connectivity index (χ4v) is 3.75. The molecule has 1 aliphatic heterocycles. The molecule has 156 valence electrons. The molecule has 1 aliphatic rings. The first-order valence-corrected chi connectivity index (χ1v) is 9.95. The van der Waals surface area contributed by atoms with E-state index in [1.54, 1.807) is 6.07 Å². The second-order valence-corrected chi connectivity index (χ2v) is 7.96. The van der Waals surface area contributed by atoms with Gasteiger partial charge in [-0.25, -0.2) is 8.78 Å². The van der Waals surface area contributed by atoms with Gasteiger partial charge in [0, 0.05) is 26.3 Å². The summed E-state index contributed by atoms with van der Waals surface area (Å²) in [4.78, 5) is 15.1. The summed E-state index contributed by atoms with van der Waals surface area (Å²) in [5, 5.41) is 3.08. The Morgan fingerprint density at radius 2 is 1.79 bits per heavy atom. The van der Waals surface area contributed by atoms with E-state index in [9.17, 15) is 13.6 Å². The van der Waals surface area contributed by atoms with E-state index >= 15 is 0 Å². The maximum atomic E-state index is 13.6. The van der Waals surface area contributed by atoms with Crippen LogP contribution in [0.1, 0.15) is 18.4 Å². The minimum absolute atomic E-state index is 0.0564. The van der Waals surface area contributed by atoms with Crippen molar-refractivity contribution in [3.05, 3.63) is 59.7 Å². The number of hydrogen-bond donors (Lipinski definition) is 1. The van der Waals surface area contributed by atoms with Crippen LogP contribution in [-0.2, 0) is 16.0 Å². The van der Waals surface area contributed by atoms with Crippen LogP contribution in [0.3, 0.4) is 0 Å². The normalized spacial score (nSPS) is 16.0. The summed E-state index contributed by atoms with van der Waals surface area (Å²) in [6.07, 6.45) is 1.91. The molecule has 0 unspecified atom stereocenters. The lowest BCUT2D eigenvalue weighted by molar-refractivity contribution is -0.136. The van der Waals surface area contributed by atoms with Gasteiger partial charge in [0.05, 0.1) is 5.41 Å². The molecule has 3 rings (SSSR count). The van der Waals surface area contributed by atoms with Crippen molar-refractivity contribution in [2.24, 2.45) is 5.41 Å². The molecule has 0 atom stereocenters. The van der Waals surface area contributed by atoms with Crippen LogP contribution in [-0.4, -0.2) is 51.2 Å². The Kier molecular flexibility index (Phi) is 6.98. The molecule has 0 bridgehead atoms. The Hall–Kier alpha value is -2.31. The van der Waals surface area contributed by atoms with Gasteiger partial charge in [-0.15, -0.1) is 0 Å². The Morgan fingerprint density at radius 1 is 1.07 bits per heavy atom. The highest BCUT2D eigenvalue weighted by Crippen LogP contribution is 2.35. The first-order valence-electron chi connectivity index (χ1n) is 9.95. The van der Waals surface area contributed by atoms with Gasteiger partial charge in [0.15, 0.2) is 11.6 Å². The third-order valence-corrected chi connectivity index (χ3v) is 5.50. The largest absolute Gasteiger partial charge is 0.381 e. The molecule has 1 saturated heterocycles. The maximum absolute atomic E-state index is 13.6. The quantitative estimate of drug-likeness (QED) is 0.769. The predicted octanol–water partition coefficient (Wildman–Crippen LogP) is 3.65. The van der Waals surface area contributed by atoms with E-state index in [4.69, 9.17) is 4.74 Å². The van der Waals surface area contributed by atoms with E-state index in [-0.39, 0.29) is 5.91 Å². The van der Waals surface area contributed by atoms with Crippen molar-refractivity contribution in [3.63, 3.8) is 0 Å². The molecule has 29 heavy (non-hydrogen) atoms. The molecule has 6 heteroatoms. The Balaban J connectivity index is 1.80. The lowest BCUT2D eigenvalue weighted by Gasteiger charge is -2.36. The fourth-order valence-electron chi connectivity index (χ4n) is 3.75. The van der Waals surface area contributed by atoms with Gasteiger partial charge in [-0.3, -0.25) is 4.79 Å². The van der Waals surface area contributed by atoms with Crippen LogP contribution in [0, 0.1) is 17.0 Å². The molecule has 1 heterocycles. The number of ether oxygens (including phenoxy) is 1. The van der Waals surface area contributed by atoms with Crippen LogP contribution in [0.4, 0.5) is 8.78 Å². The van der Waals surface area contributed by atoms with Gasteiger partial charge in [-0.1, -0.05) is 30.3 Å². The average Bonchev–Trinajstić information content (AvgIpc) is 2.70. The van der Waals surface area contributed by atoms with Crippen LogP contribution in [0.5, 0.6) is 0 Å². The van der Waals surface area contributed by atoms with E-state index in [2.05, 4.69) is 5.32 Å². The van der Waals surface area contributed by atoms with Gasteiger partial charge in [0.2, 0.25) is 5.91 Å². The van der Waals surface area contributed by atoms with Crippen LogP contribution >= 0.6 is 0 Å². The highest BCUT2D eigenvalue weighted by Gasteiger charge is 2.39. The summed E-state index contributed by atoms with van der Waals surface area (Å²) >= 11 is 0. The Bertz CT molecular complexity index is 849. The summed E-state index contributed by atoms with van der Waals surface area (Å²) < 4.78 is 32.4. The van der Waals surface area contributed by atoms with Gasteiger partial charge in [-0.05, 0) is 62.2 Å². The van der Waals surface area contributed by atoms with E-state index < -0.39 is 17.0 Å². The predicted molar refractivity (Wildman–Crippen MR) is 110 cm³/mol. The van der Waals surface area contributed by atoms with Crippen molar-refractivity contribution in [2.45, 2.75) is 19.3 Å². The van der Waals surface area contributed by atoms with E-state index in [1.165, 1.54) is 6.07 Å². The zero-order valence-corrected chi connectivity index (χ0v) is 17.0. The van der Waals surface area contributed by atoms with Gasteiger partial charge < -0.3 is 15.0 Å². The topological polar surface area (TPSA) is 41.6 Å². The third-order valence-electron chi connectivity index (χ3n) is 5.50. The van der Waals surface area contributed by atoms with Crippen LogP contribution in [0.2, 0.25) is 0 Å². The average molecular weight is 402 g/mol. The second kappa shape index (κ2) is 9.46. The SMILES string of the molecule is CN(C)CCNC(=O)C1(Cc2cccc(-c3ccc(F)c(F)c3)c2)CCOCC1. The first-order chi connectivity index (χ1) is 13.9. The standard InChI is InChI=1S/C23H28F2N2O2/c1-27(2)11-10-26-22(28)23(8-12-29-13-9-23)16-17-4-3-5-18(14-17)19-6-7-20(24)21(25)15-19/h3-7,14-15H,8-13,16H2,1-2H3,(H,26,28). The van der Waals surface area contributed by atoms with E-state index in [0.29, 0.717) is 44.6 Å². The number of nitrogens with one attached hydrogen (secondary N) is 1. The molecule has 0 radical (unpaired) electrons. The maximum Gasteiger partial charge on any atom is 0.226 e. The number of nitrogens with zero attached hydrogens (tertiary/aromatic N) is 1. The molecule has 1 N–H and O–H groups in total. The molecule has 0 aliphatic carbocycles. The number of rotatable bonds is 7. The molecule has 0 spiro atoms. The highest BCUT2D eigenvalue weighted by atomic mass is 19.2. The van der Waals surface area contributed by atoms with Crippen LogP contribution < -0.4 is 5.32 Å². The molecule has 1 fully saturated rings. The molecular formula is C23H28F2N2O2. The summed E-state index contributed by atoms with van der Waals surface area (Å²) in [6.45, 7) is 2.50. The van der Waals surface area contributed by atoms with E-state index in [1.807, 2.05) is 43.3 Å². The molecule has 2 aromatic rings. The molecule has 4 nitrogen and oxygen atoms in total. The fraction of sp³-hybridized carbons (Fsp3) is 0.435. The van der Waals surface area contributed by atoms with Crippen molar-refractivity contribution < 1.29 is 18.3 Å². The third kappa shape index (κ3) is 5.40. The molecular weight excluding hydrogens is 374 g/mol. The van der Waals surface area contributed by atoms with Crippen molar-refractivity contribution >= 4 is 5.91 Å². The highest BCUT2D eigenvalue weighted by molar-refractivity contribution is 5.83. The molecule has 0 saturated carbocycles. The van der Waals surface area contributed by atoms with E-state index in [0.717, 1.165) is 23.7 Å². The van der Waals surface area contributed by atoms with Gasteiger partial charge in [0.1, 0.15) is 0 Å². The zero-order chi connectivity index (χ0) is 20.9. The summed E-state index contributed by atoms with van der Waals surface area (Å²) in [5.41, 5.74) is 1.90. The number of carbonyl (C=O) groups is 1. The molecule has 0 aromatic heterocycles. The number of hydrogen-bond acceptors (Lipinski definition) is 3. The minimum Gasteiger partial charge on any atom is -0.381 e. The van der Waals surface area contributed by atoms with Crippen LogP contribution in [0.15, 0.2) is 42.5 Å². The van der Waals surface area contributed by atoms with Crippen molar-refractivity contribution in [1.29, 1.82) is 0 Å². The number of likely N-dealkylation sites (N-methyl/N-ethyl adjacent to an activating group) is 1. The Labute approximate surface area is 170 Å². The smallest absolute Gasteiger partial charge is 0.226 e. The number of amides is 1. The summed E-state index contributed by atoms with van der Waals surface area (Å²) in [5.74, 6) is -1.67. The number of carbonyl (C=O) groups excluding carboxylic acids is 1. The first kappa shape index (κ1) is 21.4. The summed E-state index contributed by atoms with van der Waals surface area (Å²) in [7, 11) is 3.94. The summed E-state index contributed by atoms with van der Waals surface area (Å²) in [6, 6.07) is 11.6. The monoisotopic (exact) mass is 402 g/mol. The van der Waals surface area contributed by atoms with Crippen molar-refractivity contribution in [3.8, 4) is 11.1 Å². The van der Waals surface area contributed by atoms with Crippen molar-refractivity contribution in [2.75, 3.05) is 40.4 Å². The van der Waals surface area contributed by atoms with Crippen LogP contribution in [0.25, 0.3) is 11.1 Å². The number of benzene rings is 2. The number of halogens is 2. The second-order valence-electron chi connectivity index (χ2n) is 7.96. The van der Waals surface area contributed by atoms with Crippen molar-refractivity contribution in [1.82, 2.24) is 10.2 Å². The van der Waals surface area contributed by atoms with Gasteiger partial charge in [-0.2, -0.15) is 0 Å². The lowest BCUT2D eigenvalue weighted by Crippen LogP contribution is -2.47.